The minimum atomic E-state index is -0.838. The number of nitrogens with two attached hydrogens (primary N) is 3. The Hall–Kier alpha value is -2.85. The lowest BCUT2D eigenvalue weighted by atomic mass is 10.1. The molecule has 3 aromatic rings. The van der Waals surface area contributed by atoms with Crippen LogP contribution in [0.5, 0.6) is 0 Å². The number of ketones is 1. The van der Waals surface area contributed by atoms with E-state index in [4.69, 9.17) is 81.2 Å². The normalized spacial score (nSPS) is 25.0. The van der Waals surface area contributed by atoms with Crippen molar-refractivity contribution in [2.45, 2.75) is 111 Å². The van der Waals surface area contributed by atoms with Crippen LogP contribution in [0, 0.1) is 0 Å². The molecule has 3 unspecified atom stereocenters. The summed E-state index contributed by atoms with van der Waals surface area (Å²) in [6, 6.07) is 4.82. The Morgan fingerprint density at radius 1 is 0.673 bits per heavy atom. The second kappa shape index (κ2) is 17.9. The lowest BCUT2D eigenvalue weighted by Crippen LogP contribution is -2.25. The van der Waals surface area contributed by atoms with Crippen molar-refractivity contribution in [3.63, 3.8) is 0 Å². The van der Waals surface area contributed by atoms with Crippen LogP contribution in [0.4, 0.5) is 17.1 Å². The van der Waals surface area contributed by atoms with Gasteiger partial charge in [-0.25, -0.2) is 15.0 Å². The first-order chi connectivity index (χ1) is 22.6. The quantitative estimate of drug-likeness (QED) is 0.156. The van der Waals surface area contributed by atoms with Crippen LogP contribution >= 0.6 is 34.8 Å². The molecule has 0 aliphatic carbocycles. The highest BCUT2D eigenvalue weighted by Gasteiger charge is 2.44. The SMILES string of the molecule is CC(=O)c1cc(Cl)ncc1N.CC(O)C(C)O.C[C@@H]1OC(C)(c2cc(Cl)ncc2N)O[C@@H]1C.C[C@H]1OC(C)(c2cc(Cl)ncc2N)O[C@@H]1C. The predicted octanol–water partition coefficient (Wildman–Crippen LogP) is 5.90. The number of carbonyl (C=O) groups is 1. The zero-order chi connectivity index (χ0) is 37.4. The number of nitrogens with zero attached hydrogens (tertiary/aromatic N) is 3. The largest absolute Gasteiger partial charge is 0.397 e. The summed E-state index contributed by atoms with van der Waals surface area (Å²) in [5, 5.41) is 17.8. The molecule has 13 nitrogen and oxygen atoms in total. The van der Waals surface area contributed by atoms with Gasteiger partial charge in [0.2, 0.25) is 0 Å². The Balaban J connectivity index is 0.000000239. The highest BCUT2D eigenvalue weighted by atomic mass is 35.5. The van der Waals surface area contributed by atoms with Gasteiger partial charge in [0.25, 0.3) is 0 Å². The van der Waals surface area contributed by atoms with Gasteiger partial charge in [-0.05, 0) is 80.5 Å². The fraction of sp³-hybridized carbons (Fsp3) is 0.515. The molecule has 0 spiro atoms. The molecule has 5 heterocycles. The van der Waals surface area contributed by atoms with Crippen LogP contribution in [-0.2, 0) is 30.5 Å². The highest BCUT2D eigenvalue weighted by Crippen LogP contribution is 2.41. The lowest BCUT2D eigenvalue weighted by Gasteiger charge is -2.25. The Labute approximate surface area is 302 Å². The molecular formula is C33H47Cl3N6O7. The van der Waals surface area contributed by atoms with Crippen LogP contribution in [0.25, 0.3) is 0 Å². The van der Waals surface area contributed by atoms with Crippen molar-refractivity contribution in [1.29, 1.82) is 0 Å². The van der Waals surface area contributed by atoms with Crippen molar-refractivity contribution < 1.29 is 34.0 Å². The number of carbonyl (C=O) groups excluding carboxylic acids is 1. The van der Waals surface area contributed by atoms with Crippen LogP contribution < -0.4 is 17.2 Å². The van der Waals surface area contributed by atoms with Gasteiger partial charge in [-0.1, -0.05) is 34.8 Å². The molecule has 16 heteroatoms. The summed E-state index contributed by atoms with van der Waals surface area (Å²) < 4.78 is 23.2. The monoisotopic (exact) mass is 744 g/mol. The van der Waals surface area contributed by atoms with E-state index in [0.717, 1.165) is 11.1 Å². The summed E-state index contributed by atoms with van der Waals surface area (Å²) >= 11 is 17.2. The fourth-order valence-electron chi connectivity index (χ4n) is 4.52. The van der Waals surface area contributed by atoms with E-state index >= 15 is 0 Å². The van der Waals surface area contributed by atoms with E-state index in [2.05, 4.69) is 15.0 Å². The van der Waals surface area contributed by atoms with Gasteiger partial charge in [-0.2, -0.15) is 0 Å². The van der Waals surface area contributed by atoms with Gasteiger partial charge >= 0.3 is 0 Å². The second-order valence-electron chi connectivity index (χ2n) is 12.0. The Morgan fingerprint density at radius 2 is 0.959 bits per heavy atom. The van der Waals surface area contributed by atoms with Gasteiger partial charge < -0.3 is 46.4 Å². The molecule has 2 saturated heterocycles. The highest BCUT2D eigenvalue weighted by molar-refractivity contribution is 6.30. The molecule has 272 valence electrons. The first-order valence-electron chi connectivity index (χ1n) is 15.4. The molecule has 0 radical (unpaired) electrons. The Kier molecular flexibility index (Phi) is 15.4. The number of ether oxygens (including phenoxy) is 4. The molecule has 5 rings (SSSR count). The molecule has 8 N–H and O–H groups in total. The van der Waals surface area contributed by atoms with Gasteiger partial charge in [0.15, 0.2) is 17.4 Å². The van der Waals surface area contributed by atoms with E-state index in [0.29, 0.717) is 32.9 Å². The number of hydrogen-bond donors (Lipinski definition) is 5. The summed E-state index contributed by atoms with van der Waals surface area (Å²) in [4.78, 5) is 22.4. The zero-order valence-corrected chi connectivity index (χ0v) is 31.3. The molecule has 0 bridgehead atoms. The number of halogens is 3. The molecule has 2 fully saturated rings. The molecule has 49 heavy (non-hydrogen) atoms. The van der Waals surface area contributed by atoms with Crippen LogP contribution in [0.2, 0.25) is 15.5 Å². The Bertz CT molecular complexity index is 1460. The van der Waals surface area contributed by atoms with Crippen molar-refractivity contribution >= 4 is 57.6 Å². The summed E-state index contributed by atoms with van der Waals surface area (Å²) in [5.41, 5.74) is 20.5. The van der Waals surface area contributed by atoms with E-state index in [-0.39, 0.29) is 35.4 Å². The standard InChI is InChI=1S/2C11H15ClN2O2.C7H7ClN2O.C4H10O2/c2*1-6-7(2)16-11(3,15-6)8-4-10(12)14-5-9(8)13;1-4(11)5-2-7(8)10-3-6(5)9;1-3(5)4(2)6/h2*4-7H,13H2,1-3H3;2-3H,9H2,1H3;3-6H,1-2H3/t6-,7+,11?;6-,7-;;/m.1../s1. The number of aliphatic hydroxyl groups excluding tert-OH is 2. The molecule has 2 aliphatic rings. The minimum absolute atomic E-state index is 0.0244. The first kappa shape index (κ1) is 42.3. The molecule has 0 amide bonds. The third kappa shape index (κ3) is 11.9. The van der Waals surface area contributed by atoms with Gasteiger partial charge in [-0.15, -0.1) is 0 Å². The van der Waals surface area contributed by atoms with Crippen molar-refractivity contribution in [3.05, 3.63) is 68.9 Å². The molecule has 0 saturated carbocycles. The van der Waals surface area contributed by atoms with Crippen molar-refractivity contribution in [1.82, 2.24) is 15.0 Å². The van der Waals surface area contributed by atoms with Crippen molar-refractivity contribution in [2.75, 3.05) is 17.2 Å². The number of pyridine rings is 3. The fourth-order valence-corrected chi connectivity index (χ4v) is 5.00. The predicted molar refractivity (Wildman–Crippen MR) is 191 cm³/mol. The third-order valence-electron chi connectivity index (χ3n) is 7.73. The summed E-state index contributed by atoms with van der Waals surface area (Å²) in [5.74, 6) is -1.78. The van der Waals surface area contributed by atoms with Crippen LogP contribution in [0.1, 0.15) is 83.8 Å². The maximum Gasteiger partial charge on any atom is 0.194 e. The van der Waals surface area contributed by atoms with E-state index in [9.17, 15) is 4.79 Å². The number of anilines is 3. The molecule has 3 aromatic heterocycles. The van der Waals surface area contributed by atoms with Crippen LogP contribution in [0.15, 0.2) is 36.8 Å². The topological polar surface area (TPSA) is 211 Å². The number of nitrogen functional groups attached to an aromatic ring is 3. The molecule has 0 aromatic carbocycles. The minimum Gasteiger partial charge on any atom is -0.397 e. The van der Waals surface area contributed by atoms with Gasteiger partial charge in [0.1, 0.15) is 15.5 Å². The number of aromatic nitrogens is 3. The summed E-state index contributed by atoms with van der Waals surface area (Å²) in [7, 11) is 0. The number of Topliss-reactive ketones (excluding diaryl/α,β-unsaturated/α-hetero) is 1. The second-order valence-corrected chi connectivity index (χ2v) is 13.2. The average Bonchev–Trinajstić information content (AvgIpc) is 3.44. The van der Waals surface area contributed by atoms with Gasteiger partial charge in [0, 0.05) is 16.7 Å². The number of rotatable bonds is 4. The molecule has 2 aliphatic heterocycles. The first-order valence-corrected chi connectivity index (χ1v) is 16.6. The smallest absolute Gasteiger partial charge is 0.194 e. The van der Waals surface area contributed by atoms with E-state index < -0.39 is 23.8 Å². The van der Waals surface area contributed by atoms with Crippen LogP contribution in [-0.4, -0.2) is 67.6 Å². The summed E-state index contributed by atoms with van der Waals surface area (Å²) in [6.45, 7) is 16.1. The molecule has 7 atom stereocenters. The van der Waals surface area contributed by atoms with Gasteiger partial charge in [0.05, 0.1) is 72.3 Å². The average molecular weight is 746 g/mol. The van der Waals surface area contributed by atoms with E-state index in [1.165, 1.54) is 31.6 Å². The zero-order valence-electron chi connectivity index (χ0n) is 29.1. The van der Waals surface area contributed by atoms with Crippen molar-refractivity contribution in [3.8, 4) is 0 Å². The lowest BCUT2D eigenvalue weighted by molar-refractivity contribution is -0.166. The maximum atomic E-state index is 10.9. The van der Waals surface area contributed by atoms with Crippen molar-refractivity contribution in [2.24, 2.45) is 0 Å². The number of aliphatic hydroxyl groups is 2. The van der Waals surface area contributed by atoms with E-state index in [1.54, 1.807) is 26.0 Å². The third-order valence-corrected chi connectivity index (χ3v) is 8.35. The molecular weight excluding hydrogens is 699 g/mol. The Morgan fingerprint density at radius 3 is 1.22 bits per heavy atom. The van der Waals surface area contributed by atoms with Crippen LogP contribution in [0.3, 0.4) is 0 Å². The summed E-state index contributed by atoms with van der Waals surface area (Å²) in [6.07, 6.45) is 3.32. The van der Waals surface area contributed by atoms with E-state index in [1.807, 2.05) is 41.5 Å². The maximum absolute atomic E-state index is 10.9. The van der Waals surface area contributed by atoms with Gasteiger partial charge in [-0.3, -0.25) is 4.79 Å². The number of hydrogen-bond acceptors (Lipinski definition) is 13.